The molecule has 0 aliphatic rings. The normalized spacial score (nSPS) is 11.3. The first kappa shape index (κ1) is 13.7. The van der Waals surface area contributed by atoms with E-state index in [0.29, 0.717) is 0 Å². The summed E-state index contributed by atoms with van der Waals surface area (Å²) in [6.45, 7) is 2.21. The Hall–Kier alpha value is -1.25. The molecule has 20 heavy (non-hydrogen) atoms. The maximum atomic E-state index is 6.41. The third-order valence-corrected chi connectivity index (χ3v) is 4.53. The largest absolute Gasteiger partial charge is 0.238 e. The first-order valence-corrected chi connectivity index (χ1v) is 7.79. The fourth-order valence-corrected chi connectivity index (χ4v) is 3.39. The van der Waals surface area contributed by atoms with E-state index in [1.165, 1.54) is 23.9 Å². The number of fused-ring (bicyclic) bond motifs is 3. The van der Waals surface area contributed by atoms with E-state index in [0.717, 1.165) is 27.2 Å². The lowest BCUT2D eigenvalue weighted by atomic mass is 10.0. The van der Waals surface area contributed by atoms with Gasteiger partial charge in [0.2, 0.25) is 11.0 Å². The quantitative estimate of drug-likeness (QED) is 0.400. The van der Waals surface area contributed by atoms with Crippen LogP contribution >= 0.6 is 24.2 Å². The highest BCUT2D eigenvalue weighted by Crippen LogP contribution is 2.30. The molecule has 0 amide bonds. The lowest BCUT2D eigenvalue weighted by Gasteiger charge is -2.09. The Labute approximate surface area is 129 Å². The molecular weight excluding hydrogens is 286 g/mol. The summed E-state index contributed by atoms with van der Waals surface area (Å²) in [6.07, 6.45) is 5.47. The number of rotatable bonds is 3. The first-order valence-electron chi connectivity index (χ1n) is 6.96. The summed E-state index contributed by atoms with van der Waals surface area (Å²) in [7, 11) is 0. The number of nitrogens with zero attached hydrogens (tertiary/aromatic N) is 1. The monoisotopic (exact) mass is 302 g/mol. The van der Waals surface area contributed by atoms with Crippen LogP contribution in [0.25, 0.3) is 16.4 Å². The van der Waals surface area contributed by atoms with Gasteiger partial charge in [-0.1, -0.05) is 31.0 Å². The molecule has 0 fully saturated rings. The predicted octanol–water partition coefficient (Wildman–Crippen LogP) is 4.86. The number of hydrogen-bond donors (Lipinski definition) is 1. The van der Waals surface area contributed by atoms with Crippen molar-refractivity contribution in [2.24, 2.45) is 0 Å². The lowest BCUT2D eigenvalue weighted by molar-refractivity contribution is -0.482. The highest BCUT2D eigenvalue weighted by molar-refractivity contribution is 7.80. The van der Waals surface area contributed by atoms with Gasteiger partial charge in [0.1, 0.15) is 5.02 Å². The molecule has 1 nitrogen and oxygen atoms in total. The third kappa shape index (κ3) is 2.17. The van der Waals surface area contributed by atoms with Crippen molar-refractivity contribution in [3.63, 3.8) is 0 Å². The van der Waals surface area contributed by atoms with Crippen molar-refractivity contribution in [3.05, 3.63) is 53.2 Å². The highest BCUT2D eigenvalue weighted by atomic mass is 35.5. The van der Waals surface area contributed by atoms with Crippen LogP contribution in [-0.4, -0.2) is 0 Å². The van der Waals surface area contributed by atoms with E-state index >= 15 is 0 Å². The summed E-state index contributed by atoms with van der Waals surface area (Å²) in [5, 5.41) is 1.89. The van der Waals surface area contributed by atoms with Gasteiger partial charge in [-0.05, 0) is 31.0 Å². The second kappa shape index (κ2) is 5.63. The number of para-hydroxylation sites is 1. The molecule has 0 N–H and O–H groups in total. The Morgan fingerprint density at radius 2 is 2.00 bits per heavy atom. The van der Waals surface area contributed by atoms with Gasteiger partial charge in [0, 0.05) is 22.6 Å². The Morgan fingerprint density at radius 1 is 1.15 bits per heavy atom. The van der Waals surface area contributed by atoms with Crippen molar-refractivity contribution >= 4 is 40.6 Å². The molecule has 0 radical (unpaired) electrons. The van der Waals surface area contributed by atoms with Gasteiger partial charge in [0.15, 0.2) is 6.20 Å². The van der Waals surface area contributed by atoms with Crippen LogP contribution in [-0.2, 0) is 6.42 Å². The zero-order chi connectivity index (χ0) is 14.1. The van der Waals surface area contributed by atoms with E-state index < -0.39 is 0 Å². The minimum atomic E-state index is 0.765. The Bertz CT molecular complexity index is 783. The molecule has 0 aliphatic carbocycles. The molecule has 0 atom stereocenters. The van der Waals surface area contributed by atoms with Crippen molar-refractivity contribution < 1.29 is 4.40 Å². The van der Waals surface area contributed by atoms with Gasteiger partial charge >= 0.3 is 0 Å². The van der Waals surface area contributed by atoms with E-state index in [4.69, 9.17) is 24.2 Å². The van der Waals surface area contributed by atoms with Crippen LogP contribution in [0.5, 0.6) is 0 Å². The minimum absolute atomic E-state index is 0.765. The molecule has 1 aromatic carbocycles. The zero-order valence-corrected chi connectivity index (χ0v) is 13.1. The number of thiol groups is 1. The Morgan fingerprint density at radius 3 is 2.80 bits per heavy atom. The van der Waals surface area contributed by atoms with Crippen molar-refractivity contribution in [3.8, 4) is 0 Å². The number of hydrogen-bond acceptors (Lipinski definition) is 1. The number of aryl methyl sites for hydroxylation is 1. The van der Waals surface area contributed by atoms with E-state index in [-0.39, 0.29) is 0 Å². The van der Waals surface area contributed by atoms with Gasteiger partial charge in [-0.25, -0.2) is 0 Å². The molecule has 0 aliphatic heterocycles. The number of pyridine rings is 2. The number of halogens is 1. The van der Waals surface area contributed by atoms with Crippen LogP contribution in [0.3, 0.4) is 0 Å². The van der Waals surface area contributed by atoms with E-state index in [2.05, 4.69) is 35.7 Å². The molecule has 0 saturated carbocycles. The smallest absolute Gasteiger partial charge is 0.158 e. The fraction of sp³-hybridized carbons (Fsp3) is 0.235. The van der Waals surface area contributed by atoms with Crippen LogP contribution in [0.2, 0.25) is 5.02 Å². The first-order chi connectivity index (χ1) is 9.74. The van der Waals surface area contributed by atoms with E-state index in [9.17, 15) is 0 Å². The molecule has 0 unspecified atom stereocenters. The summed E-state index contributed by atoms with van der Waals surface area (Å²) in [4.78, 5) is 1.06. The highest BCUT2D eigenvalue weighted by Gasteiger charge is 2.20. The predicted molar refractivity (Wildman–Crippen MR) is 88.0 cm³/mol. The van der Waals surface area contributed by atoms with Crippen LogP contribution < -0.4 is 4.40 Å². The van der Waals surface area contributed by atoms with Gasteiger partial charge < -0.3 is 0 Å². The molecule has 3 heteroatoms. The van der Waals surface area contributed by atoms with Gasteiger partial charge in [-0.3, -0.25) is 0 Å². The second-order valence-corrected chi connectivity index (χ2v) is 5.88. The van der Waals surface area contributed by atoms with Crippen LogP contribution in [0.4, 0.5) is 0 Å². The summed E-state index contributed by atoms with van der Waals surface area (Å²) in [6, 6.07) is 12.3. The maximum Gasteiger partial charge on any atom is 0.238 e. The molecule has 2 aromatic heterocycles. The molecule has 3 rings (SSSR count). The molecule has 0 spiro atoms. The summed E-state index contributed by atoms with van der Waals surface area (Å²) >= 11 is 11.2. The van der Waals surface area contributed by atoms with E-state index in [1.54, 1.807) is 0 Å². The molecular formula is C17H17ClNS+. The SMILES string of the molecule is CCCCc1c(S)c2cccc(Cl)c2[n+]2ccccc12. The maximum absolute atomic E-state index is 6.41. The van der Waals surface area contributed by atoms with E-state index in [1.807, 2.05) is 18.2 Å². The number of unbranched alkanes of at least 4 members (excludes halogenated alkanes) is 1. The molecule has 0 bridgehead atoms. The van der Waals surface area contributed by atoms with Crippen molar-refractivity contribution in [1.82, 2.24) is 0 Å². The fourth-order valence-electron chi connectivity index (χ4n) is 2.72. The number of aromatic nitrogens is 1. The average Bonchev–Trinajstić information content (AvgIpc) is 2.47. The average molecular weight is 303 g/mol. The summed E-state index contributed by atoms with van der Waals surface area (Å²) < 4.78 is 2.18. The van der Waals surface area contributed by atoms with Crippen LogP contribution in [0.15, 0.2) is 47.5 Å². The topological polar surface area (TPSA) is 4.10 Å². The minimum Gasteiger partial charge on any atom is -0.158 e. The molecule has 3 aromatic rings. The van der Waals surface area contributed by atoms with Gasteiger partial charge in [-0.2, -0.15) is 4.40 Å². The molecule has 0 saturated heterocycles. The van der Waals surface area contributed by atoms with Gasteiger partial charge in [0.05, 0.1) is 5.39 Å². The van der Waals surface area contributed by atoms with Gasteiger partial charge in [0.25, 0.3) is 0 Å². The standard InChI is InChI=1S/C17H16ClNS/c1-2-3-7-12-15-10-4-5-11-19(15)16-13(17(12)20)8-6-9-14(16)18/h4-6,8-11H,2-3,7H2,1H3/p+1. The number of benzene rings is 1. The molecule has 102 valence electrons. The second-order valence-electron chi connectivity index (χ2n) is 5.02. The van der Waals surface area contributed by atoms with Crippen LogP contribution in [0.1, 0.15) is 25.3 Å². The molecule has 2 heterocycles. The van der Waals surface area contributed by atoms with Crippen molar-refractivity contribution in [2.45, 2.75) is 31.1 Å². The zero-order valence-electron chi connectivity index (χ0n) is 11.4. The summed E-state index contributed by atoms with van der Waals surface area (Å²) in [5.74, 6) is 0. The summed E-state index contributed by atoms with van der Waals surface area (Å²) in [5.41, 5.74) is 3.55. The van der Waals surface area contributed by atoms with Gasteiger partial charge in [-0.15, -0.1) is 12.6 Å². The van der Waals surface area contributed by atoms with Crippen molar-refractivity contribution in [1.29, 1.82) is 0 Å². The van der Waals surface area contributed by atoms with Crippen molar-refractivity contribution in [2.75, 3.05) is 0 Å². The third-order valence-electron chi connectivity index (χ3n) is 3.72. The Balaban J connectivity index is 2.45. The van der Waals surface area contributed by atoms with Crippen LogP contribution in [0, 0.1) is 0 Å². The lowest BCUT2D eigenvalue weighted by Crippen LogP contribution is -2.24. The Kier molecular flexibility index (Phi) is 3.86.